The molecule has 0 heterocycles. The summed E-state index contributed by atoms with van der Waals surface area (Å²) in [5, 5.41) is 2.82. The van der Waals surface area contributed by atoms with E-state index in [0.29, 0.717) is 5.56 Å². The second-order valence-corrected chi connectivity index (χ2v) is 4.92. The van der Waals surface area contributed by atoms with Crippen LogP contribution in [0.5, 0.6) is 0 Å². The van der Waals surface area contributed by atoms with E-state index in [1.54, 1.807) is 0 Å². The summed E-state index contributed by atoms with van der Waals surface area (Å²) in [4.78, 5) is 12.2. The number of hydrogen-bond donors (Lipinski definition) is 2. The standard InChI is InChI=1S/C15H14FNOS/c1-9-3-4-10(2)13(7-9)17-15(18)11-5-6-12(16)14(19)8-11/h3-8,19H,1-2H3,(H,17,18). The van der Waals surface area contributed by atoms with Crippen molar-refractivity contribution >= 4 is 24.2 Å². The first-order chi connectivity index (χ1) is 8.97. The monoisotopic (exact) mass is 275 g/mol. The summed E-state index contributed by atoms with van der Waals surface area (Å²) in [6, 6.07) is 9.92. The number of anilines is 1. The van der Waals surface area contributed by atoms with Gasteiger partial charge in [-0.15, -0.1) is 12.6 Å². The molecule has 1 amide bonds. The molecule has 4 heteroatoms. The van der Waals surface area contributed by atoms with Crippen LogP contribution < -0.4 is 5.32 Å². The molecule has 0 saturated carbocycles. The number of halogens is 1. The summed E-state index contributed by atoms with van der Waals surface area (Å²) in [7, 11) is 0. The molecule has 2 rings (SSSR count). The fourth-order valence-electron chi connectivity index (χ4n) is 1.72. The molecule has 0 fully saturated rings. The molecule has 0 aromatic heterocycles. The van der Waals surface area contributed by atoms with Crippen LogP contribution in [0.4, 0.5) is 10.1 Å². The van der Waals surface area contributed by atoms with Crippen molar-refractivity contribution in [3.05, 3.63) is 58.9 Å². The Morgan fingerprint density at radius 2 is 1.89 bits per heavy atom. The lowest BCUT2D eigenvalue weighted by Gasteiger charge is -2.09. The van der Waals surface area contributed by atoms with Crippen LogP contribution in [0.1, 0.15) is 21.5 Å². The van der Waals surface area contributed by atoms with E-state index in [4.69, 9.17) is 0 Å². The Hall–Kier alpha value is -1.81. The Bertz CT molecular complexity index is 640. The molecule has 0 spiro atoms. The lowest BCUT2D eigenvalue weighted by Crippen LogP contribution is -2.13. The van der Waals surface area contributed by atoms with Crippen LogP contribution in [0, 0.1) is 19.7 Å². The number of carbonyl (C=O) groups is 1. The Kier molecular flexibility index (Phi) is 3.90. The van der Waals surface area contributed by atoms with Gasteiger partial charge >= 0.3 is 0 Å². The molecule has 0 aliphatic rings. The molecule has 2 aromatic rings. The molecule has 1 N–H and O–H groups in total. The van der Waals surface area contributed by atoms with Crippen molar-refractivity contribution in [2.45, 2.75) is 18.7 Å². The molecule has 0 aliphatic carbocycles. The quantitative estimate of drug-likeness (QED) is 0.797. The molecule has 98 valence electrons. The summed E-state index contributed by atoms with van der Waals surface area (Å²) in [6.07, 6.45) is 0. The van der Waals surface area contributed by atoms with Crippen molar-refractivity contribution in [2.75, 3.05) is 5.32 Å². The summed E-state index contributed by atoms with van der Waals surface area (Å²) < 4.78 is 13.1. The van der Waals surface area contributed by atoms with Gasteiger partial charge in [0.15, 0.2) is 0 Å². The molecular formula is C15H14FNOS. The zero-order valence-corrected chi connectivity index (χ0v) is 11.6. The minimum atomic E-state index is -0.438. The average Bonchev–Trinajstić information content (AvgIpc) is 2.37. The lowest BCUT2D eigenvalue weighted by molar-refractivity contribution is 0.102. The number of thiol groups is 1. The number of rotatable bonds is 2. The minimum absolute atomic E-state index is 0.161. The average molecular weight is 275 g/mol. The van der Waals surface area contributed by atoms with E-state index in [9.17, 15) is 9.18 Å². The van der Waals surface area contributed by atoms with E-state index in [-0.39, 0.29) is 10.8 Å². The number of hydrogen-bond acceptors (Lipinski definition) is 2. The largest absolute Gasteiger partial charge is 0.322 e. The zero-order chi connectivity index (χ0) is 14.0. The van der Waals surface area contributed by atoms with Crippen molar-refractivity contribution in [3.63, 3.8) is 0 Å². The van der Waals surface area contributed by atoms with Crippen LogP contribution in [0.15, 0.2) is 41.3 Å². The highest BCUT2D eigenvalue weighted by atomic mass is 32.1. The van der Waals surface area contributed by atoms with Gasteiger partial charge in [0.1, 0.15) is 5.82 Å². The number of amides is 1. The Morgan fingerprint density at radius 3 is 2.58 bits per heavy atom. The van der Waals surface area contributed by atoms with Crippen molar-refractivity contribution in [1.82, 2.24) is 0 Å². The third kappa shape index (κ3) is 3.15. The zero-order valence-electron chi connectivity index (χ0n) is 10.7. The van der Waals surface area contributed by atoms with Crippen LogP contribution in [-0.2, 0) is 0 Å². The van der Waals surface area contributed by atoms with Crippen LogP contribution in [-0.4, -0.2) is 5.91 Å². The van der Waals surface area contributed by atoms with Gasteiger partial charge in [-0.25, -0.2) is 4.39 Å². The summed E-state index contributed by atoms with van der Waals surface area (Å²) in [6.45, 7) is 3.88. The van der Waals surface area contributed by atoms with Crippen LogP contribution in [0.25, 0.3) is 0 Å². The van der Waals surface area contributed by atoms with E-state index in [0.717, 1.165) is 16.8 Å². The maximum atomic E-state index is 13.1. The minimum Gasteiger partial charge on any atom is -0.322 e. The molecule has 2 nitrogen and oxygen atoms in total. The van der Waals surface area contributed by atoms with E-state index < -0.39 is 5.82 Å². The van der Waals surface area contributed by atoms with Crippen LogP contribution >= 0.6 is 12.6 Å². The second kappa shape index (κ2) is 5.45. The number of carbonyl (C=O) groups excluding carboxylic acids is 1. The van der Waals surface area contributed by atoms with E-state index in [1.165, 1.54) is 18.2 Å². The maximum absolute atomic E-state index is 13.1. The van der Waals surface area contributed by atoms with Gasteiger partial charge in [0.25, 0.3) is 5.91 Å². The van der Waals surface area contributed by atoms with Gasteiger partial charge in [0.2, 0.25) is 0 Å². The fourth-order valence-corrected chi connectivity index (χ4v) is 1.93. The van der Waals surface area contributed by atoms with Gasteiger partial charge in [-0.2, -0.15) is 0 Å². The van der Waals surface area contributed by atoms with Gasteiger partial charge in [0, 0.05) is 16.1 Å². The summed E-state index contributed by atoms with van der Waals surface area (Å²) >= 11 is 3.97. The lowest BCUT2D eigenvalue weighted by atomic mass is 10.1. The third-order valence-corrected chi connectivity index (χ3v) is 3.19. The number of nitrogens with one attached hydrogen (secondary N) is 1. The Labute approximate surface area is 117 Å². The highest BCUT2D eigenvalue weighted by molar-refractivity contribution is 7.80. The summed E-state index contributed by atoms with van der Waals surface area (Å²) in [5.74, 6) is -0.712. The summed E-state index contributed by atoms with van der Waals surface area (Å²) in [5.41, 5.74) is 3.18. The van der Waals surface area contributed by atoms with Gasteiger partial charge in [-0.3, -0.25) is 4.79 Å². The smallest absolute Gasteiger partial charge is 0.255 e. The SMILES string of the molecule is Cc1ccc(C)c(NC(=O)c2ccc(F)c(S)c2)c1. The van der Waals surface area contributed by atoms with Crippen LogP contribution in [0.3, 0.4) is 0 Å². The fraction of sp³-hybridized carbons (Fsp3) is 0.133. The van der Waals surface area contributed by atoms with E-state index in [1.807, 2.05) is 32.0 Å². The van der Waals surface area contributed by atoms with Crippen molar-refractivity contribution < 1.29 is 9.18 Å². The Morgan fingerprint density at radius 1 is 1.16 bits per heavy atom. The molecule has 0 saturated heterocycles. The molecule has 0 aliphatic heterocycles. The second-order valence-electron chi connectivity index (χ2n) is 4.44. The number of aryl methyl sites for hydroxylation is 2. The number of benzene rings is 2. The van der Waals surface area contributed by atoms with Gasteiger partial charge < -0.3 is 5.32 Å². The van der Waals surface area contributed by atoms with E-state index >= 15 is 0 Å². The van der Waals surface area contributed by atoms with Gasteiger partial charge in [0.05, 0.1) is 0 Å². The molecular weight excluding hydrogens is 261 g/mol. The molecule has 0 radical (unpaired) electrons. The molecule has 0 unspecified atom stereocenters. The predicted molar refractivity (Wildman–Crippen MR) is 77.5 cm³/mol. The first-order valence-corrected chi connectivity index (χ1v) is 6.29. The first kappa shape index (κ1) is 13.6. The highest BCUT2D eigenvalue weighted by Gasteiger charge is 2.09. The molecule has 2 aromatic carbocycles. The first-order valence-electron chi connectivity index (χ1n) is 5.84. The van der Waals surface area contributed by atoms with Crippen molar-refractivity contribution in [3.8, 4) is 0 Å². The molecule has 19 heavy (non-hydrogen) atoms. The van der Waals surface area contributed by atoms with Gasteiger partial charge in [-0.1, -0.05) is 12.1 Å². The molecule has 0 bridgehead atoms. The third-order valence-electron chi connectivity index (χ3n) is 2.85. The topological polar surface area (TPSA) is 29.1 Å². The van der Waals surface area contributed by atoms with Crippen molar-refractivity contribution in [2.24, 2.45) is 0 Å². The van der Waals surface area contributed by atoms with Gasteiger partial charge in [-0.05, 0) is 49.2 Å². The Balaban J connectivity index is 2.25. The van der Waals surface area contributed by atoms with Crippen LogP contribution in [0.2, 0.25) is 0 Å². The highest BCUT2D eigenvalue weighted by Crippen LogP contribution is 2.19. The van der Waals surface area contributed by atoms with E-state index in [2.05, 4.69) is 17.9 Å². The molecule has 0 atom stereocenters. The maximum Gasteiger partial charge on any atom is 0.255 e. The predicted octanol–water partition coefficient (Wildman–Crippen LogP) is 3.98. The normalized spacial score (nSPS) is 10.3. The van der Waals surface area contributed by atoms with Crippen molar-refractivity contribution in [1.29, 1.82) is 0 Å².